The van der Waals surface area contributed by atoms with Crippen LogP contribution in [0.5, 0.6) is 11.5 Å². The van der Waals surface area contributed by atoms with Crippen molar-refractivity contribution in [2.24, 2.45) is 5.10 Å². The van der Waals surface area contributed by atoms with Gasteiger partial charge in [-0.15, -0.1) is 0 Å². The predicted molar refractivity (Wildman–Crippen MR) is 93.6 cm³/mol. The van der Waals surface area contributed by atoms with Crippen molar-refractivity contribution in [2.45, 2.75) is 32.1 Å². The zero-order valence-corrected chi connectivity index (χ0v) is 14.5. The minimum absolute atomic E-state index is 0.0302. The second-order valence-corrected chi connectivity index (χ2v) is 6.51. The topological polar surface area (TPSA) is 108 Å². The van der Waals surface area contributed by atoms with Crippen molar-refractivity contribution in [1.82, 2.24) is 5.43 Å². The van der Waals surface area contributed by atoms with Crippen LogP contribution in [-0.2, 0) is 4.79 Å². The molecule has 1 saturated heterocycles. The maximum Gasteiger partial charge on any atom is 0.295 e. The Labute approximate surface area is 151 Å². The van der Waals surface area contributed by atoms with Gasteiger partial charge in [0.25, 0.3) is 11.6 Å². The molecule has 0 bridgehead atoms. The number of hydrazone groups is 1. The Hall–Kier alpha value is -2.68. The fourth-order valence-electron chi connectivity index (χ4n) is 3.23. The third-order valence-corrected chi connectivity index (χ3v) is 4.58. The van der Waals surface area contributed by atoms with Crippen LogP contribution in [0.1, 0.15) is 37.7 Å². The number of amides is 1. The molecule has 2 N–H and O–H groups in total. The van der Waals surface area contributed by atoms with E-state index in [1.165, 1.54) is 42.5 Å². The second kappa shape index (κ2) is 8.61. The standard InChI is InChI=1S/C17H22N4O5/c22-17(11-20-6-4-2-1-3-5-7-20)19-18-10-13-8-15-16(26-12-25-15)9-14(13)21(23)24/h8-10H,1-7,11-12H2,(H,19,22)/p+1/b18-10-. The number of likely N-dealkylation sites (tertiary alicyclic amines) is 1. The van der Waals surface area contributed by atoms with Crippen molar-refractivity contribution in [3.8, 4) is 11.5 Å². The molecule has 0 aromatic heterocycles. The zero-order chi connectivity index (χ0) is 18.4. The van der Waals surface area contributed by atoms with Crippen LogP contribution in [-0.4, -0.2) is 43.5 Å². The third kappa shape index (κ3) is 4.69. The van der Waals surface area contributed by atoms with Crippen LogP contribution in [0.4, 0.5) is 5.69 Å². The van der Waals surface area contributed by atoms with E-state index in [0.717, 1.165) is 25.9 Å². The third-order valence-electron chi connectivity index (χ3n) is 4.58. The highest BCUT2D eigenvalue weighted by Crippen LogP contribution is 2.37. The van der Waals surface area contributed by atoms with Crippen LogP contribution < -0.4 is 19.8 Å². The van der Waals surface area contributed by atoms with Crippen molar-refractivity contribution in [1.29, 1.82) is 0 Å². The monoisotopic (exact) mass is 363 g/mol. The number of ether oxygens (including phenoxy) is 2. The van der Waals surface area contributed by atoms with E-state index in [4.69, 9.17) is 9.47 Å². The summed E-state index contributed by atoms with van der Waals surface area (Å²) in [6.45, 7) is 2.37. The number of carbonyl (C=O) groups excluding carboxylic acids is 1. The molecule has 26 heavy (non-hydrogen) atoms. The van der Waals surface area contributed by atoms with E-state index in [1.54, 1.807) is 0 Å². The number of rotatable bonds is 5. The highest BCUT2D eigenvalue weighted by Gasteiger charge is 2.22. The molecule has 140 valence electrons. The van der Waals surface area contributed by atoms with Crippen LogP contribution in [0, 0.1) is 10.1 Å². The molecule has 1 aromatic carbocycles. The van der Waals surface area contributed by atoms with Crippen molar-refractivity contribution >= 4 is 17.8 Å². The second-order valence-electron chi connectivity index (χ2n) is 6.51. The SMILES string of the molecule is O=C(C[NH+]1CCCCCCC1)N/N=C\c1cc2c(cc1[N+](=O)[O-])OCO2. The fraction of sp³-hybridized carbons (Fsp3) is 0.529. The quantitative estimate of drug-likeness (QED) is 0.453. The van der Waals surface area contributed by atoms with Gasteiger partial charge in [-0.25, -0.2) is 5.43 Å². The zero-order valence-electron chi connectivity index (χ0n) is 14.5. The molecule has 0 unspecified atom stereocenters. The van der Waals surface area contributed by atoms with Crippen LogP contribution in [0.3, 0.4) is 0 Å². The van der Waals surface area contributed by atoms with E-state index in [9.17, 15) is 14.9 Å². The molecule has 1 fully saturated rings. The minimum atomic E-state index is -0.518. The van der Waals surface area contributed by atoms with Crippen LogP contribution >= 0.6 is 0 Å². The molecule has 2 aliphatic heterocycles. The van der Waals surface area contributed by atoms with Gasteiger partial charge in [0.1, 0.15) is 0 Å². The van der Waals surface area contributed by atoms with Gasteiger partial charge in [-0.1, -0.05) is 6.42 Å². The van der Waals surface area contributed by atoms with Crippen LogP contribution in [0.25, 0.3) is 0 Å². The number of hydrogen-bond donors (Lipinski definition) is 2. The number of quaternary nitrogens is 1. The lowest BCUT2D eigenvalue weighted by atomic mass is 10.1. The Balaban J connectivity index is 1.59. The number of nitro groups is 1. The van der Waals surface area contributed by atoms with Crippen molar-refractivity contribution in [3.05, 3.63) is 27.8 Å². The summed E-state index contributed by atoms with van der Waals surface area (Å²) in [5.74, 6) is 0.562. The van der Waals surface area contributed by atoms with Crippen molar-refractivity contribution in [2.75, 3.05) is 26.4 Å². The highest BCUT2D eigenvalue weighted by molar-refractivity contribution is 5.88. The molecular formula is C17H23N4O5+. The smallest absolute Gasteiger partial charge is 0.295 e. The summed E-state index contributed by atoms with van der Waals surface area (Å²) in [6.07, 6.45) is 7.25. The lowest BCUT2D eigenvalue weighted by molar-refractivity contribution is -0.893. The van der Waals surface area contributed by atoms with Gasteiger partial charge in [-0.05, 0) is 31.7 Å². The number of carbonyl (C=O) groups is 1. The first-order valence-electron chi connectivity index (χ1n) is 8.87. The number of benzene rings is 1. The number of nitrogens with zero attached hydrogens (tertiary/aromatic N) is 2. The normalized spacial score (nSPS) is 17.7. The van der Waals surface area contributed by atoms with E-state index in [-0.39, 0.29) is 24.0 Å². The molecule has 0 aliphatic carbocycles. The van der Waals surface area contributed by atoms with Crippen LogP contribution in [0.2, 0.25) is 0 Å². The Morgan fingerprint density at radius 3 is 2.54 bits per heavy atom. The van der Waals surface area contributed by atoms with Gasteiger partial charge >= 0.3 is 0 Å². The van der Waals surface area contributed by atoms with Crippen LogP contribution in [0.15, 0.2) is 17.2 Å². The number of fused-ring (bicyclic) bond motifs is 1. The van der Waals surface area contributed by atoms with E-state index in [2.05, 4.69) is 10.5 Å². The Morgan fingerprint density at radius 1 is 1.19 bits per heavy atom. The first-order chi connectivity index (χ1) is 12.6. The lowest BCUT2D eigenvalue weighted by Crippen LogP contribution is -3.13. The van der Waals surface area contributed by atoms with E-state index in [1.807, 2.05) is 0 Å². The minimum Gasteiger partial charge on any atom is -0.454 e. The summed E-state index contributed by atoms with van der Waals surface area (Å²) in [4.78, 5) is 24.0. The fourth-order valence-corrected chi connectivity index (χ4v) is 3.23. The summed E-state index contributed by atoms with van der Waals surface area (Å²) in [5.41, 5.74) is 2.56. The summed E-state index contributed by atoms with van der Waals surface area (Å²) in [5, 5.41) is 15.1. The maximum absolute atomic E-state index is 12.1. The van der Waals surface area contributed by atoms with Gasteiger partial charge in [0.2, 0.25) is 6.79 Å². The summed E-state index contributed by atoms with van der Waals surface area (Å²) in [7, 11) is 0. The van der Waals surface area contributed by atoms with Gasteiger partial charge in [0, 0.05) is 0 Å². The summed E-state index contributed by atoms with van der Waals surface area (Å²) < 4.78 is 10.4. The molecule has 3 rings (SSSR count). The molecular weight excluding hydrogens is 340 g/mol. The van der Waals surface area contributed by atoms with Crippen molar-refractivity contribution < 1.29 is 24.1 Å². The first kappa shape index (κ1) is 18.1. The lowest BCUT2D eigenvalue weighted by Gasteiger charge is -2.20. The molecule has 2 heterocycles. The molecule has 0 spiro atoms. The maximum atomic E-state index is 12.1. The first-order valence-corrected chi connectivity index (χ1v) is 8.87. The summed E-state index contributed by atoms with van der Waals surface area (Å²) >= 11 is 0. The molecule has 0 radical (unpaired) electrons. The molecule has 0 saturated carbocycles. The van der Waals surface area contributed by atoms with Gasteiger partial charge in [0.05, 0.1) is 35.9 Å². The highest BCUT2D eigenvalue weighted by atomic mass is 16.7. The largest absolute Gasteiger partial charge is 0.454 e. The average Bonchev–Trinajstić information content (AvgIpc) is 3.03. The number of hydrogen-bond acceptors (Lipinski definition) is 6. The number of nitro benzene ring substituents is 1. The molecule has 0 atom stereocenters. The Kier molecular flexibility index (Phi) is 6.00. The summed E-state index contributed by atoms with van der Waals surface area (Å²) in [6, 6.07) is 2.79. The molecule has 9 heteroatoms. The van der Waals surface area contributed by atoms with Gasteiger partial charge < -0.3 is 14.4 Å². The van der Waals surface area contributed by atoms with E-state index in [0.29, 0.717) is 18.0 Å². The van der Waals surface area contributed by atoms with Crippen molar-refractivity contribution in [3.63, 3.8) is 0 Å². The molecule has 1 amide bonds. The van der Waals surface area contributed by atoms with Gasteiger partial charge in [-0.2, -0.15) is 5.10 Å². The molecule has 9 nitrogen and oxygen atoms in total. The number of nitrogens with one attached hydrogen (secondary N) is 2. The predicted octanol–water partition coefficient (Wildman–Crippen LogP) is 0.623. The molecule has 1 aromatic rings. The van der Waals surface area contributed by atoms with Gasteiger partial charge in [-0.3, -0.25) is 14.9 Å². The Bertz CT molecular complexity index is 699. The van der Waals surface area contributed by atoms with E-state index < -0.39 is 4.92 Å². The average molecular weight is 363 g/mol. The Morgan fingerprint density at radius 2 is 1.85 bits per heavy atom. The van der Waals surface area contributed by atoms with E-state index >= 15 is 0 Å². The van der Waals surface area contributed by atoms with Gasteiger partial charge in [0.15, 0.2) is 18.0 Å². The molecule has 2 aliphatic rings.